The lowest BCUT2D eigenvalue weighted by Gasteiger charge is -2.02. The van der Waals surface area contributed by atoms with Gasteiger partial charge in [0.2, 0.25) is 4.96 Å². The van der Waals surface area contributed by atoms with Crippen molar-refractivity contribution < 1.29 is 4.74 Å². The van der Waals surface area contributed by atoms with Gasteiger partial charge in [-0.3, -0.25) is 0 Å². The van der Waals surface area contributed by atoms with Gasteiger partial charge in [0.25, 0.3) is 0 Å². The van der Waals surface area contributed by atoms with Gasteiger partial charge in [-0.05, 0) is 23.8 Å². The van der Waals surface area contributed by atoms with Crippen LogP contribution >= 0.6 is 27.3 Å². The Kier molecular flexibility index (Phi) is 4.03. The molecule has 0 unspecified atom stereocenters. The molecular formula is C17H13BrN4OS. The fraction of sp³-hybridized carbons (Fsp3) is 0.118. The van der Waals surface area contributed by atoms with Gasteiger partial charge in [0.05, 0.1) is 7.11 Å². The second-order valence-electron chi connectivity index (χ2n) is 5.22. The third-order valence-electron chi connectivity index (χ3n) is 3.68. The molecule has 24 heavy (non-hydrogen) atoms. The Morgan fingerprint density at radius 1 is 1.08 bits per heavy atom. The summed E-state index contributed by atoms with van der Waals surface area (Å²) in [6.07, 6.45) is 0.671. The van der Waals surface area contributed by atoms with Crippen LogP contribution in [0.3, 0.4) is 0 Å². The summed E-state index contributed by atoms with van der Waals surface area (Å²) in [5.74, 6) is 1.67. The van der Waals surface area contributed by atoms with E-state index in [1.807, 2.05) is 53.0 Å². The third kappa shape index (κ3) is 2.81. The molecule has 0 fully saturated rings. The zero-order chi connectivity index (χ0) is 16.5. The zero-order valence-corrected chi connectivity index (χ0v) is 15.2. The normalized spacial score (nSPS) is 11.1. The Bertz CT molecular complexity index is 993. The number of fused-ring (bicyclic) bond motifs is 1. The molecule has 4 aromatic rings. The first-order valence-corrected chi connectivity index (χ1v) is 8.94. The Morgan fingerprint density at radius 2 is 1.88 bits per heavy atom. The van der Waals surface area contributed by atoms with Crippen LogP contribution in [0.1, 0.15) is 11.4 Å². The van der Waals surface area contributed by atoms with Crippen molar-refractivity contribution in [2.75, 3.05) is 7.11 Å². The Morgan fingerprint density at radius 3 is 2.62 bits per heavy atom. The maximum atomic E-state index is 5.19. The van der Waals surface area contributed by atoms with Crippen molar-refractivity contribution in [3.05, 3.63) is 64.4 Å². The minimum Gasteiger partial charge on any atom is -0.497 e. The van der Waals surface area contributed by atoms with Gasteiger partial charge >= 0.3 is 0 Å². The van der Waals surface area contributed by atoms with E-state index in [1.54, 1.807) is 7.11 Å². The molecule has 2 heterocycles. The summed E-state index contributed by atoms with van der Waals surface area (Å²) in [7, 11) is 1.66. The standard InChI is InChI=1S/C17H13BrN4OS/c1-23-12-8-6-11(7-9-12)10-15-19-20-17-22(15)21-16(24-17)13-4-2-3-5-14(13)18/h2-9H,10H2,1H3. The topological polar surface area (TPSA) is 52.3 Å². The number of hydrogen-bond donors (Lipinski definition) is 0. The van der Waals surface area contributed by atoms with Crippen LogP contribution in [0.15, 0.2) is 53.0 Å². The predicted molar refractivity (Wildman–Crippen MR) is 97.6 cm³/mol. The first-order chi connectivity index (χ1) is 11.7. The van der Waals surface area contributed by atoms with E-state index in [-0.39, 0.29) is 0 Å². The summed E-state index contributed by atoms with van der Waals surface area (Å²) in [5.41, 5.74) is 2.20. The largest absolute Gasteiger partial charge is 0.497 e. The van der Waals surface area contributed by atoms with Gasteiger partial charge in [0.15, 0.2) is 5.82 Å². The molecule has 0 aliphatic carbocycles. The van der Waals surface area contributed by atoms with Crippen molar-refractivity contribution in [1.82, 2.24) is 19.8 Å². The van der Waals surface area contributed by atoms with E-state index in [4.69, 9.17) is 4.74 Å². The van der Waals surface area contributed by atoms with Gasteiger partial charge in [-0.25, -0.2) is 0 Å². The molecule has 2 aromatic carbocycles. The fourth-order valence-electron chi connectivity index (χ4n) is 2.44. The van der Waals surface area contributed by atoms with Crippen molar-refractivity contribution in [2.45, 2.75) is 6.42 Å². The van der Waals surface area contributed by atoms with E-state index in [2.05, 4.69) is 31.2 Å². The molecule has 0 bridgehead atoms. The molecule has 120 valence electrons. The summed E-state index contributed by atoms with van der Waals surface area (Å²) in [5, 5.41) is 14.1. The van der Waals surface area contributed by atoms with E-state index >= 15 is 0 Å². The summed E-state index contributed by atoms with van der Waals surface area (Å²) in [6, 6.07) is 16.0. The Hall–Kier alpha value is -2.25. The second-order valence-corrected chi connectivity index (χ2v) is 7.03. The minimum absolute atomic E-state index is 0.671. The highest BCUT2D eigenvalue weighted by Gasteiger charge is 2.14. The van der Waals surface area contributed by atoms with E-state index in [9.17, 15) is 0 Å². The predicted octanol–water partition coefficient (Wildman–Crippen LogP) is 4.21. The molecule has 0 aliphatic heterocycles. The Balaban J connectivity index is 1.68. The van der Waals surface area contributed by atoms with Crippen LogP contribution in [0, 0.1) is 0 Å². The molecule has 0 atom stereocenters. The molecule has 0 saturated carbocycles. The number of benzene rings is 2. The summed E-state index contributed by atoms with van der Waals surface area (Å²) < 4.78 is 8.03. The van der Waals surface area contributed by atoms with Crippen LogP contribution in [-0.4, -0.2) is 26.9 Å². The highest BCUT2D eigenvalue weighted by atomic mass is 79.9. The van der Waals surface area contributed by atoms with Gasteiger partial charge in [-0.2, -0.15) is 9.61 Å². The molecule has 0 aliphatic rings. The number of ether oxygens (including phenoxy) is 1. The maximum absolute atomic E-state index is 5.19. The molecule has 0 N–H and O–H groups in total. The molecule has 0 spiro atoms. The minimum atomic E-state index is 0.671. The highest BCUT2D eigenvalue weighted by molar-refractivity contribution is 9.10. The lowest BCUT2D eigenvalue weighted by atomic mass is 10.1. The lowest BCUT2D eigenvalue weighted by Crippen LogP contribution is -1.98. The van der Waals surface area contributed by atoms with Gasteiger partial charge in [0, 0.05) is 16.5 Å². The van der Waals surface area contributed by atoms with Crippen molar-refractivity contribution in [3.63, 3.8) is 0 Å². The van der Waals surface area contributed by atoms with Crippen LogP contribution in [0.4, 0.5) is 0 Å². The quantitative estimate of drug-likeness (QED) is 0.514. The highest BCUT2D eigenvalue weighted by Crippen LogP contribution is 2.31. The van der Waals surface area contributed by atoms with E-state index in [0.29, 0.717) is 6.42 Å². The molecule has 0 saturated heterocycles. The number of hydrogen-bond acceptors (Lipinski definition) is 5. The molecule has 0 amide bonds. The Labute approximate surface area is 151 Å². The molecule has 2 aromatic heterocycles. The fourth-order valence-corrected chi connectivity index (χ4v) is 3.94. The number of rotatable bonds is 4. The van der Waals surface area contributed by atoms with Crippen LogP contribution in [0.2, 0.25) is 0 Å². The maximum Gasteiger partial charge on any atom is 0.234 e. The average molecular weight is 401 g/mol. The van der Waals surface area contributed by atoms with Crippen molar-refractivity contribution in [1.29, 1.82) is 0 Å². The molecular weight excluding hydrogens is 388 g/mol. The summed E-state index contributed by atoms with van der Waals surface area (Å²) in [6.45, 7) is 0. The number of nitrogens with zero attached hydrogens (tertiary/aromatic N) is 4. The SMILES string of the molecule is COc1ccc(Cc2nnc3sc(-c4ccccc4Br)nn23)cc1. The van der Waals surface area contributed by atoms with Crippen molar-refractivity contribution in [2.24, 2.45) is 0 Å². The van der Waals surface area contributed by atoms with Gasteiger partial charge in [0.1, 0.15) is 10.8 Å². The first-order valence-electron chi connectivity index (χ1n) is 7.33. The van der Waals surface area contributed by atoms with E-state index in [1.165, 1.54) is 11.3 Å². The van der Waals surface area contributed by atoms with Crippen LogP contribution < -0.4 is 4.74 Å². The van der Waals surface area contributed by atoms with E-state index in [0.717, 1.165) is 37.1 Å². The van der Waals surface area contributed by atoms with Crippen LogP contribution in [0.5, 0.6) is 5.75 Å². The third-order valence-corrected chi connectivity index (χ3v) is 5.30. The van der Waals surface area contributed by atoms with Crippen LogP contribution in [0.25, 0.3) is 15.5 Å². The summed E-state index contributed by atoms with van der Waals surface area (Å²) >= 11 is 5.10. The number of methoxy groups -OCH3 is 1. The molecule has 0 radical (unpaired) electrons. The zero-order valence-electron chi connectivity index (χ0n) is 12.8. The first kappa shape index (κ1) is 15.3. The van der Waals surface area contributed by atoms with Gasteiger partial charge in [-0.1, -0.05) is 57.6 Å². The average Bonchev–Trinajstić information content (AvgIpc) is 3.18. The molecule has 5 nitrogen and oxygen atoms in total. The monoisotopic (exact) mass is 400 g/mol. The lowest BCUT2D eigenvalue weighted by molar-refractivity contribution is 0.414. The summed E-state index contributed by atoms with van der Waals surface area (Å²) in [4.78, 5) is 0.796. The van der Waals surface area contributed by atoms with Crippen molar-refractivity contribution in [3.8, 4) is 16.3 Å². The smallest absolute Gasteiger partial charge is 0.234 e. The second kappa shape index (κ2) is 6.33. The number of aromatic nitrogens is 4. The van der Waals surface area contributed by atoms with Crippen LogP contribution in [-0.2, 0) is 6.42 Å². The molecule has 7 heteroatoms. The van der Waals surface area contributed by atoms with Gasteiger partial charge < -0.3 is 4.74 Å². The van der Waals surface area contributed by atoms with Crippen molar-refractivity contribution >= 4 is 32.2 Å². The van der Waals surface area contributed by atoms with E-state index < -0.39 is 0 Å². The van der Waals surface area contributed by atoms with Gasteiger partial charge in [-0.15, -0.1) is 10.2 Å². The number of halogens is 1. The molecule has 4 rings (SSSR count).